The Balaban J connectivity index is 1.77. The second-order valence-electron chi connectivity index (χ2n) is 8.80. The molecule has 2 aliphatic rings. The van der Waals surface area contributed by atoms with E-state index in [1.165, 1.54) is 6.08 Å². The first-order valence-electron chi connectivity index (χ1n) is 10.3. The molecule has 6 nitrogen and oxygen atoms in total. The molecule has 1 N–H and O–H groups in total. The summed E-state index contributed by atoms with van der Waals surface area (Å²) in [6.07, 6.45) is 3.43. The molecule has 0 saturated heterocycles. The van der Waals surface area contributed by atoms with Gasteiger partial charge in [0.1, 0.15) is 11.7 Å². The zero-order valence-corrected chi connectivity index (χ0v) is 18.4. The maximum absolute atomic E-state index is 13.0. The smallest absolute Gasteiger partial charge is 0.333 e. The number of aliphatic hydroxyl groups is 1. The van der Waals surface area contributed by atoms with Crippen molar-refractivity contribution in [3.63, 3.8) is 0 Å². The van der Waals surface area contributed by atoms with Gasteiger partial charge in [-0.3, -0.25) is 9.59 Å². The van der Waals surface area contributed by atoms with Crippen LogP contribution in [0.5, 0.6) is 0 Å². The van der Waals surface area contributed by atoms with Gasteiger partial charge in [-0.2, -0.15) is 0 Å². The minimum atomic E-state index is -1.01. The van der Waals surface area contributed by atoms with E-state index in [9.17, 15) is 19.5 Å². The highest BCUT2D eigenvalue weighted by Crippen LogP contribution is 2.40. The van der Waals surface area contributed by atoms with E-state index in [-0.39, 0.29) is 29.3 Å². The van der Waals surface area contributed by atoms with E-state index in [1.807, 2.05) is 0 Å². The number of rotatable bonds is 6. The van der Waals surface area contributed by atoms with Crippen LogP contribution in [0.15, 0.2) is 59.9 Å². The molecule has 1 aliphatic heterocycles. The molecule has 2 atom stereocenters. The fourth-order valence-corrected chi connectivity index (χ4v) is 3.63. The molecule has 0 fully saturated rings. The molecule has 0 bridgehead atoms. The number of carbonyl (C=O) groups is 3. The van der Waals surface area contributed by atoms with Gasteiger partial charge in [0.25, 0.3) is 0 Å². The Morgan fingerprint density at radius 2 is 1.90 bits per heavy atom. The van der Waals surface area contributed by atoms with E-state index in [1.54, 1.807) is 58.0 Å². The van der Waals surface area contributed by atoms with Gasteiger partial charge >= 0.3 is 5.97 Å². The van der Waals surface area contributed by atoms with Crippen molar-refractivity contribution >= 4 is 17.5 Å². The third kappa shape index (κ3) is 4.54. The quantitative estimate of drug-likeness (QED) is 0.420. The molecule has 0 radical (unpaired) electrons. The molecule has 31 heavy (non-hydrogen) atoms. The summed E-state index contributed by atoms with van der Waals surface area (Å²) in [5.41, 5.74) is -0.691. The number of benzene rings is 1. The van der Waals surface area contributed by atoms with E-state index in [0.717, 1.165) is 0 Å². The molecule has 0 saturated carbocycles. The third-order valence-electron chi connectivity index (χ3n) is 5.81. The average Bonchev–Trinajstić information content (AvgIpc) is 2.72. The summed E-state index contributed by atoms with van der Waals surface area (Å²) in [6, 6.07) is 6.64. The van der Waals surface area contributed by atoms with Crippen molar-refractivity contribution in [1.29, 1.82) is 0 Å². The van der Waals surface area contributed by atoms with E-state index in [4.69, 9.17) is 9.47 Å². The standard InChI is InChI=1S/C25H28O6/c1-6-25(5,29)13-9-10-15(2)23(28)30-19-14-18-20(26)16-11-7-8-12-17(16)21(27)22(18)31-24(19,3)4/h6-8,10-12,19,29H,1,9,13-14H2,2-5H3/t19-,25-/m1/s1. The van der Waals surface area contributed by atoms with Gasteiger partial charge in [-0.15, -0.1) is 6.58 Å². The summed E-state index contributed by atoms with van der Waals surface area (Å²) in [7, 11) is 0. The summed E-state index contributed by atoms with van der Waals surface area (Å²) in [4.78, 5) is 38.5. The molecule has 6 heteroatoms. The molecular formula is C25H28O6. The van der Waals surface area contributed by atoms with Crippen molar-refractivity contribution < 1.29 is 29.0 Å². The van der Waals surface area contributed by atoms with E-state index >= 15 is 0 Å². The maximum Gasteiger partial charge on any atom is 0.333 e. The number of Topliss-reactive ketones (excluding diaryl/α,β-unsaturated/α-hetero) is 2. The van der Waals surface area contributed by atoms with Gasteiger partial charge < -0.3 is 14.6 Å². The zero-order chi connectivity index (χ0) is 23.0. The Morgan fingerprint density at radius 3 is 2.52 bits per heavy atom. The van der Waals surface area contributed by atoms with Crippen LogP contribution >= 0.6 is 0 Å². The molecule has 1 aromatic rings. The van der Waals surface area contributed by atoms with Crippen LogP contribution in [0.2, 0.25) is 0 Å². The second-order valence-corrected chi connectivity index (χ2v) is 8.80. The Kier molecular flexibility index (Phi) is 6.05. The third-order valence-corrected chi connectivity index (χ3v) is 5.81. The van der Waals surface area contributed by atoms with Crippen LogP contribution in [0.25, 0.3) is 0 Å². The number of esters is 1. The first-order valence-corrected chi connectivity index (χ1v) is 10.3. The molecule has 0 spiro atoms. The highest BCUT2D eigenvalue weighted by Gasteiger charge is 2.47. The maximum atomic E-state index is 13.0. The van der Waals surface area contributed by atoms with Gasteiger partial charge in [0.05, 0.1) is 11.2 Å². The van der Waals surface area contributed by atoms with Crippen molar-refractivity contribution in [2.24, 2.45) is 0 Å². The molecular weight excluding hydrogens is 396 g/mol. The first kappa shape index (κ1) is 22.7. The number of allylic oxidation sites excluding steroid dienone is 2. The van der Waals surface area contributed by atoms with Gasteiger partial charge in [-0.05, 0) is 40.5 Å². The number of carbonyl (C=O) groups excluding carboxylic acids is 3. The van der Waals surface area contributed by atoms with Gasteiger partial charge in [-0.1, -0.05) is 36.4 Å². The van der Waals surface area contributed by atoms with Crippen LogP contribution in [0.3, 0.4) is 0 Å². The van der Waals surface area contributed by atoms with Crippen LogP contribution in [0.1, 0.15) is 67.7 Å². The largest absolute Gasteiger partial charge is 0.479 e. The van der Waals surface area contributed by atoms with E-state index < -0.39 is 23.3 Å². The van der Waals surface area contributed by atoms with Crippen LogP contribution in [0, 0.1) is 0 Å². The Hall–Kier alpha value is -2.99. The molecule has 0 aromatic heterocycles. The number of fused-ring (bicyclic) bond motifs is 1. The normalized spacial score (nSPS) is 22.1. The lowest BCUT2D eigenvalue weighted by atomic mass is 9.81. The Labute approximate surface area is 182 Å². The summed E-state index contributed by atoms with van der Waals surface area (Å²) >= 11 is 0. The SMILES string of the molecule is C=C[C@@](C)(O)CCC=C(C)C(=O)O[C@@H]1CC2=C(OC1(C)C)C(=O)c1ccccc1C2=O. The van der Waals surface area contributed by atoms with Crippen molar-refractivity contribution in [3.8, 4) is 0 Å². The van der Waals surface area contributed by atoms with Crippen LogP contribution in [0.4, 0.5) is 0 Å². The fraction of sp³-hybridized carbons (Fsp3) is 0.400. The van der Waals surface area contributed by atoms with E-state index in [2.05, 4.69) is 6.58 Å². The van der Waals surface area contributed by atoms with Gasteiger partial charge in [0, 0.05) is 23.1 Å². The first-order chi connectivity index (χ1) is 14.5. The molecule has 1 aromatic carbocycles. The lowest BCUT2D eigenvalue weighted by molar-refractivity contribution is -0.161. The minimum Gasteiger partial charge on any atom is -0.479 e. The second kappa shape index (κ2) is 8.27. The molecule has 3 rings (SSSR count). The summed E-state index contributed by atoms with van der Waals surface area (Å²) in [6.45, 7) is 10.3. The van der Waals surface area contributed by atoms with Crippen molar-refractivity contribution in [2.75, 3.05) is 0 Å². The van der Waals surface area contributed by atoms with Crippen molar-refractivity contribution in [2.45, 2.75) is 64.3 Å². The van der Waals surface area contributed by atoms with E-state index in [0.29, 0.717) is 29.5 Å². The lowest BCUT2D eigenvalue weighted by Crippen LogP contribution is -2.48. The Bertz CT molecular complexity index is 1010. The van der Waals surface area contributed by atoms with Crippen LogP contribution in [-0.2, 0) is 14.3 Å². The van der Waals surface area contributed by atoms with Crippen molar-refractivity contribution in [1.82, 2.24) is 0 Å². The van der Waals surface area contributed by atoms with Crippen LogP contribution in [-0.4, -0.2) is 39.9 Å². The lowest BCUT2D eigenvalue weighted by Gasteiger charge is -2.40. The van der Waals surface area contributed by atoms with Gasteiger partial charge in [0.2, 0.25) is 5.78 Å². The van der Waals surface area contributed by atoms with Gasteiger partial charge in [0.15, 0.2) is 11.5 Å². The Morgan fingerprint density at radius 1 is 1.29 bits per heavy atom. The number of hydrogen-bond acceptors (Lipinski definition) is 6. The monoisotopic (exact) mass is 424 g/mol. The topological polar surface area (TPSA) is 89.9 Å². The highest BCUT2D eigenvalue weighted by molar-refractivity contribution is 6.26. The fourth-order valence-electron chi connectivity index (χ4n) is 3.63. The van der Waals surface area contributed by atoms with Gasteiger partial charge in [-0.25, -0.2) is 4.79 Å². The molecule has 0 amide bonds. The van der Waals surface area contributed by atoms with Crippen LogP contribution < -0.4 is 0 Å². The predicted molar refractivity (Wildman–Crippen MR) is 116 cm³/mol. The number of hydrogen-bond donors (Lipinski definition) is 1. The summed E-state index contributed by atoms with van der Waals surface area (Å²) in [5.74, 6) is -1.09. The predicted octanol–water partition coefficient (Wildman–Crippen LogP) is 4.09. The molecule has 1 heterocycles. The minimum absolute atomic E-state index is 0.0416. The summed E-state index contributed by atoms with van der Waals surface area (Å²) in [5, 5.41) is 9.99. The summed E-state index contributed by atoms with van der Waals surface area (Å²) < 4.78 is 11.6. The molecule has 0 unspecified atom stereocenters. The highest BCUT2D eigenvalue weighted by atomic mass is 16.6. The number of ketones is 2. The number of ether oxygens (including phenoxy) is 2. The molecule has 1 aliphatic carbocycles. The average molecular weight is 424 g/mol. The zero-order valence-electron chi connectivity index (χ0n) is 18.4. The molecule has 164 valence electrons. The van der Waals surface area contributed by atoms with Crippen molar-refractivity contribution in [3.05, 3.63) is 71.0 Å².